The van der Waals surface area contributed by atoms with Gasteiger partial charge in [0.05, 0.1) is 24.4 Å². The summed E-state index contributed by atoms with van der Waals surface area (Å²) >= 11 is 0. The number of nitrogens with one attached hydrogen (secondary N) is 3. The molecular weight excluding hydrogens is 511 g/mol. The molecule has 39 heavy (non-hydrogen) atoms. The number of fused-ring (bicyclic) bond motifs is 1. The van der Waals surface area contributed by atoms with Crippen molar-refractivity contribution < 1.29 is 37.8 Å². The molecule has 2 aromatic rings. The third kappa shape index (κ3) is 6.21. The van der Waals surface area contributed by atoms with Crippen molar-refractivity contribution in [1.29, 1.82) is 0 Å². The topological polar surface area (TPSA) is 153 Å². The molecule has 4 amide bonds. The molecule has 1 unspecified atom stereocenters. The van der Waals surface area contributed by atoms with Crippen LogP contribution in [0, 0.1) is 23.7 Å². The Morgan fingerprint density at radius 2 is 1.77 bits per heavy atom. The molecule has 12 heteroatoms. The van der Waals surface area contributed by atoms with E-state index in [4.69, 9.17) is 9.47 Å². The Morgan fingerprint density at radius 1 is 1.05 bits per heavy atom. The number of aromatic nitrogens is 1. The first-order valence-electron chi connectivity index (χ1n) is 12.6. The number of nitrogens with zero attached hydrogens (tertiary/aromatic N) is 1. The fraction of sp³-hybridized carbons (Fsp3) is 0.407. The van der Waals surface area contributed by atoms with Crippen LogP contribution < -0.4 is 25.4 Å². The predicted molar refractivity (Wildman–Crippen MR) is 134 cm³/mol. The molecule has 0 spiro atoms. The summed E-state index contributed by atoms with van der Waals surface area (Å²) in [5, 5.41) is 7.52. The molecule has 2 aliphatic heterocycles. The largest absolute Gasteiger partial charge is 0.486 e. The van der Waals surface area contributed by atoms with E-state index in [2.05, 4.69) is 20.9 Å². The molecular formula is C27H29FN4O7. The normalized spacial score (nSPS) is 19.7. The van der Waals surface area contributed by atoms with Crippen LogP contribution in [0.4, 0.5) is 4.39 Å². The van der Waals surface area contributed by atoms with Crippen molar-refractivity contribution >= 4 is 29.4 Å². The highest BCUT2D eigenvalue weighted by Crippen LogP contribution is 2.33. The maximum absolute atomic E-state index is 13.6. The summed E-state index contributed by atoms with van der Waals surface area (Å²) in [6.07, 6.45) is -0.303. The lowest BCUT2D eigenvalue weighted by atomic mass is 9.85. The highest BCUT2D eigenvalue weighted by Gasteiger charge is 2.46. The number of pyridine rings is 1. The van der Waals surface area contributed by atoms with E-state index in [0.717, 1.165) is 6.07 Å². The minimum absolute atomic E-state index is 0.181. The maximum Gasteiger partial charge on any atom is 0.270 e. The Kier molecular flexibility index (Phi) is 8.22. The van der Waals surface area contributed by atoms with Gasteiger partial charge in [0, 0.05) is 0 Å². The third-order valence-electron chi connectivity index (χ3n) is 6.65. The summed E-state index contributed by atoms with van der Waals surface area (Å²) in [5.74, 6) is -5.46. The molecule has 1 saturated heterocycles. The Bertz CT molecular complexity index is 1310. The average molecular weight is 541 g/mol. The van der Waals surface area contributed by atoms with E-state index in [0.29, 0.717) is 30.3 Å². The molecule has 0 aliphatic carbocycles. The fourth-order valence-corrected chi connectivity index (χ4v) is 4.54. The van der Waals surface area contributed by atoms with Gasteiger partial charge in [0.15, 0.2) is 17.3 Å². The summed E-state index contributed by atoms with van der Waals surface area (Å²) in [5.41, 5.74) is 0.319. The Labute approximate surface area is 223 Å². The van der Waals surface area contributed by atoms with Crippen LogP contribution in [0.2, 0.25) is 0 Å². The fourth-order valence-electron chi connectivity index (χ4n) is 4.54. The van der Waals surface area contributed by atoms with Gasteiger partial charge in [0.1, 0.15) is 24.8 Å². The number of imide groups is 1. The number of ether oxygens (including phenoxy) is 2. The molecule has 3 N–H and O–H groups in total. The molecule has 0 saturated carbocycles. The second-order valence-corrected chi connectivity index (χ2v) is 9.79. The Balaban J connectivity index is 1.56. The van der Waals surface area contributed by atoms with Crippen molar-refractivity contribution in [3.63, 3.8) is 0 Å². The van der Waals surface area contributed by atoms with Crippen LogP contribution in [0.3, 0.4) is 0 Å². The van der Waals surface area contributed by atoms with Gasteiger partial charge in [-0.3, -0.25) is 29.3 Å². The quantitative estimate of drug-likeness (QED) is 0.246. The van der Waals surface area contributed by atoms with Gasteiger partial charge in [-0.1, -0.05) is 32.9 Å². The van der Waals surface area contributed by atoms with Crippen LogP contribution in [0.1, 0.15) is 49.3 Å². The molecule has 3 heterocycles. The lowest BCUT2D eigenvalue weighted by molar-refractivity contribution is -0.137. The SMILES string of the molecule is CC(C)[C@@H](NC(=O)CC(NC(=O)c1cccc(F)n1)c1ccc2c(c1)OCCO2)C(=O)[C@@H]1C(=O)NC(=O)[C@@H]1C. The summed E-state index contributed by atoms with van der Waals surface area (Å²) in [7, 11) is 0. The van der Waals surface area contributed by atoms with E-state index in [1.807, 2.05) is 0 Å². The molecule has 4 atom stereocenters. The van der Waals surface area contributed by atoms with Gasteiger partial charge in [0.2, 0.25) is 23.7 Å². The molecule has 1 aromatic heterocycles. The van der Waals surface area contributed by atoms with E-state index in [9.17, 15) is 28.4 Å². The van der Waals surface area contributed by atoms with E-state index in [1.54, 1.807) is 32.0 Å². The van der Waals surface area contributed by atoms with E-state index < -0.39 is 65.2 Å². The summed E-state index contributed by atoms with van der Waals surface area (Å²) in [6, 6.07) is 6.75. The smallest absolute Gasteiger partial charge is 0.270 e. The molecule has 0 bridgehead atoms. The summed E-state index contributed by atoms with van der Waals surface area (Å²) in [4.78, 5) is 67.1. The van der Waals surface area contributed by atoms with Gasteiger partial charge in [-0.15, -0.1) is 0 Å². The van der Waals surface area contributed by atoms with Gasteiger partial charge < -0.3 is 20.1 Å². The van der Waals surface area contributed by atoms with Crippen LogP contribution >= 0.6 is 0 Å². The second kappa shape index (κ2) is 11.6. The molecule has 206 valence electrons. The van der Waals surface area contributed by atoms with Gasteiger partial charge in [0.25, 0.3) is 5.91 Å². The standard InChI is InChI=1S/C27H29FN4O7/c1-13(2)23(24(34)22-14(3)25(35)32-27(22)37)31-21(33)12-17(30-26(36)16-5-4-6-20(28)29-16)15-7-8-18-19(11-15)39-10-9-38-18/h4-8,11,13-14,17,22-23H,9-10,12H2,1-3H3,(H,30,36)(H,31,33)(H,32,35,37)/t14-,17?,22-,23-/m1/s1. The number of ketones is 1. The first-order valence-corrected chi connectivity index (χ1v) is 12.6. The molecule has 4 rings (SSSR count). The second-order valence-electron chi connectivity index (χ2n) is 9.79. The number of amides is 4. The molecule has 2 aliphatic rings. The van der Waals surface area contributed by atoms with Gasteiger partial charge >= 0.3 is 0 Å². The van der Waals surface area contributed by atoms with Crippen molar-refractivity contribution in [2.24, 2.45) is 17.8 Å². The van der Waals surface area contributed by atoms with Crippen LogP contribution in [-0.4, -0.2) is 53.7 Å². The first-order chi connectivity index (χ1) is 18.5. The van der Waals surface area contributed by atoms with Crippen molar-refractivity contribution in [1.82, 2.24) is 20.9 Å². The minimum atomic E-state index is -1.21. The van der Waals surface area contributed by atoms with Crippen LogP contribution in [0.5, 0.6) is 11.5 Å². The van der Waals surface area contributed by atoms with E-state index >= 15 is 0 Å². The van der Waals surface area contributed by atoms with Crippen molar-refractivity contribution in [3.8, 4) is 11.5 Å². The van der Waals surface area contributed by atoms with Crippen molar-refractivity contribution in [2.75, 3.05) is 13.2 Å². The molecule has 11 nitrogen and oxygen atoms in total. The number of halogens is 1. The maximum atomic E-state index is 13.6. The highest BCUT2D eigenvalue weighted by molar-refractivity contribution is 6.16. The van der Waals surface area contributed by atoms with Gasteiger partial charge in [-0.05, 0) is 35.7 Å². The third-order valence-corrected chi connectivity index (χ3v) is 6.65. The number of carbonyl (C=O) groups excluding carboxylic acids is 5. The number of rotatable bonds is 9. The van der Waals surface area contributed by atoms with Gasteiger partial charge in [-0.2, -0.15) is 4.39 Å². The lowest BCUT2D eigenvalue weighted by Crippen LogP contribution is -2.49. The molecule has 0 radical (unpaired) electrons. The van der Waals surface area contributed by atoms with E-state index in [-0.39, 0.29) is 12.1 Å². The van der Waals surface area contributed by atoms with Crippen LogP contribution in [-0.2, 0) is 19.2 Å². The Morgan fingerprint density at radius 3 is 2.41 bits per heavy atom. The molecule has 1 fully saturated rings. The zero-order chi connectivity index (χ0) is 28.3. The van der Waals surface area contributed by atoms with Crippen molar-refractivity contribution in [2.45, 2.75) is 39.3 Å². The predicted octanol–water partition coefficient (Wildman–Crippen LogP) is 1.47. The number of hydrogen-bond acceptors (Lipinski definition) is 8. The van der Waals surface area contributed by atoms with E-state index in [1.165, 1.54) is 19.1 Å². The van der Waals surface area contributed by atoms with Crippen LogP contribution in [0.15, 0.2) is 36.4 Å². The van der Waals surface area contributed by atoms with Crippen molar-refractivity contribution in [3.05, 3.63) is 53.6 Å². The summed E-state index contributed by atoms with van der Waals surface area (Å²) in [6.45, 7) is 5.61. The first kappa shape index (κ1) is 27.7. The Hall–Kier alpha value is -4.35. The number of carbonyl (C=O) groups is 5. The monoisotopic (exact) mass is 540 g/mol. The average Bonchev–Trinajstić information content (AvgIpc) is 3.16. The zero-order valence-corrected chi connectivity index (χ0v) is 21.7. The molecule has 1 aromatic carbocycles. The number of benzene rings is 1. The lowest BCUT2D eigenvalue weighted by Gasteiger charge is -2.26. The minimum Gasteiger partial charge on any atom is -0.486 e. The highest BCUT2D eigenvalue weighted by atomic mass is 19.1. The summed E-state index contributed by atoms with van der Waals surface area (Å²) < 4.78 is 24.8. The zero-order valence-electron chi connectivity index (χ0n) is 21.7. The van der Waals surface area contributed by atoms with Crippen LogP contribution in [0.25, 0.3) is 0 Å². The van der Waals surface area contributed by atoms with Gasteiger partial charge in [-0.25, -0.2) is 4.98 Å². The number of hydrogen-bond donors (Lipinski definition) is 3. The number of Topliss-reactive ketones (excluding diaryl/α,β-unsaturated/α-hetero) is 1.